The van der Waals surface area contributed by atoms with Gasteiger partial charge in [-0.15, -0.1) is 0 Å². The number of halogens is 3. The van der Waals surface area contributed by atoms with Crippen LogP contribution in [0.1, 0.15) is 16.7 Å². The van der Waals surface area contributed by atoms with Crippen LogP contribution in [0.25, 0.3) is 164 Å². The van der Waals surface area contributed by atoms with Crippen LogP contribution in [-0.2, 0) is 6.18 Å². The zero-order valence-electron chi connectivity index (χ0n) is 46.7. The predicted octanol–water partition coefficient (Wildman–Crippen LogP) is 21.6. The largest absolute Gasteiger partial charge is 0.416 e. The number of fused-ring (bicyclic) bond motifs is 20. The van der Waals surface area contributed by atoms with Crippen molar-refractivity contribution in [2.45, 2.75) is 13.1 Å². The molecule has 0 atom stereocenters. The molecule has 8 heteroatoms. The first-order valence-corrected chi connectivity index (χ1v) is 29.2. The molecule has 0 spiro atoms. The highest BCUT2D eigenvalue weighted by molar-refractivity contribution is 6.27. The number of nitrogens with zero attached hydrogens (tertiary/aromatic N) is 5. The molecule has 5 nitrogen and oxygen atoms in total. The third kappa shape index (κ3) is 6.79. The zero-order valence-corrected chi connectivity index (χ0v) is 46.7. The molecule has 0 unspecified atom stereocenters. The number of aryl methyl sites for hydroxylation is 1. The predicted molar refractivity (Wildman–Crippen MR) is 354 cm³/mol. The van der Waals surface area contributed by atoms with Gasteiger partial charge in [0.1, 0.15) is 11.6 Å². The summed E-state index contributed by atoms with van der Waals surface area (Å²) in [6.45, 7) is 1.75. The van der Waals surface area contributed by atoms with E-state index in [0.29, 0.717) is 45.0 Å². The maximum Gasteiger partial charge on any atom is 0.416 e. The summed E-state index contributed by atoms with van der Waals surface area (Å²) in [5.74, 6) is 0. The minimum atomic E-state index is -4.74. The lowest BCUT2D eigenvalue weighted by Gasteiger charge is -2.29. The first-order valence-electron chi connectivity index (χ1n) is 29.2. The molecule has 0 N–H and O–H groups in total. The highest BCUT2D eigenvalue weighted by Gasteiger charge is 2.37. The molecule has 0 radical (unpaired) electrons. The summed E-state index contributed by atoms with van der Waals surface area (Å²) in [5, 5.41) is 29.3. The Bertz CT molecular complexity index is 5770. The van der Waals surface area contributed by atoms with E-state index in [2.05, 4.69) is 206 Å². The molecule has 14 aromatic carbocycles. The third-order valence-electron chi connectivity index (χ3n) is 18.3. The maximum absolute atomic E-state index is 16.2. The van der Waals surface area contributed by atoms with E-state index < -0.39 is 11.7 Å². The van der Waals surface area contributed by atoms with Crippen molar-refractivity contribution in [1.82, 2.24) is 18.3 Å². The normalized spacial score (nSPS) is 12.4. The van der Waals surface area contributed by atoms with E-state index in [1.54, 1.807) is 6.92 Å². The standard InChI is InChI=1S/C79H46F3N5/c1-46-42-51(44-52(43-46)79(80,81)82)70-77(86-64-32-16-12-28-59(64)73-55-24-8-4-20-49(55)36-40-68(73)86)75(84-62-30-14-10-26-57(62)71-53-22-6-2-18-47(53)34-38-66(71)84)61(45-83)76(85-63-31-15-11-27-58(63)72-54-23-7-3-19-48(54)35-39-67(72)85)78(70)87-65-33-17-13-29-60(65)74-56-25-9-5-21-50(56)37-41-69(74)87/h2-44H,1H3. The summed E-state index contributed by atoms with van der Waals surface area (Å²) >= 11 is 0. The van der Waals surface area contributed by atoms with Gasteiger partial charge < -0.3 is 18.3 Å². The summed E-state index contributed by atoms with van der Waals surface area (Å²) in [6, 6.07) is 91.4. The van der Waals surface area contributed by atoms with Gasteiger partial charge in [0.2, 0.25) is 0 Å². The lowest BCUT2D eigenvalue weighted by Crippen LogP contribution is -2.16. The first-order chi connectivity index (χ1) is 42.7. The van der Waals surface area contributed by atoms with Crippen LogP contribution < -0.4 is 0 Å². The van der Waals surface area contributed by atoms with Crippen LogP contribution in [0, 0.1) is 18.3 Å². The molecule has 0 aliphatic heterocycles. The number of hydrogen-bond acceptors (Lipinski definition) is 1. The molecule has 0 saturated carbocycles. The third-order valence-corrected chi connectivity index (χ3v) is 18.3. The lowest BCUT2D eigenvalue weighted by molar-refractivity contribution is -0.137. The molecule has 18 aromatic rings. The minimum absolute atomic E-state index is 0.317. The van der Waals surface area contributed by atoms with Crippen molar-refractivity contribution in [2.24, 2.45) is 0 Å². The zero-order chi connectivity index (χ0) is 58.0. The Morgan fingerprint density at radius 1 is 0.310 bits per heavy atom. The fourth-order valence-corrected chi connectivity index (χ4v) is 15.0. The molecular formula is C79H46F3N5. The number of para-hydroxylation sites is 4. The molecule has 408 valence electrons. The number of aromatic nitrogens is 4. The Morgan fingerprint density at radius 3 is 0.908 bits per heavy atom. The van der Waals surface area contributed by atoms with Crippen molar-refractivity contribution in [3.8, 4) is 39.9 Å². The van der Waals surface area contributed by atoms with Crippen molar-refractivity contribution in [3.63, 3.8) is 0 Å². The van der Waals surface area contributed by atoms with E-state index in [1.165, 1.54) is 12.1 Å². The second-order valence-corrected chi connectivity index (χ2v) is 23.0. The van der Waals surface area contributed by atoms with Crippen molar-refractivity contribution < 1.29 is 13.2 Å². The second kappa shape index (κ2) is 18.1. The van der Waals surface area contributed by atoms with E-state index in [9.17, 15) is 5.26 Å². The molecule has 0 fully saturated rings. The first kappa shape index (κ1) is 49.1. The van der Waals surface area contributed by atoms with Crippen LogP contribution in [0.15, 0.2) is 261 Å². The molecule has 18 rings (SSSR count). The van der Waals surface area contributed by atoms with Gasteiger partial charge >= 0.3 is 6.18 Å². The van der Waals surface area contributed by atoms with E-state index >= 15 is 13.2 Å². The van der Waals surface area contributed by atoms with Crippen LogP contribution >= 0.6 is 0 Å². The number of alkyl halides is 3. The van der Waals surface area contributed by atoms with Crippen LogP contribution in [0.2, 0.25) is 0 Å². The Morgan fingerprint density at radius 2 is 0.598 bits per heavy atom. The number of hydrogen-bond donors (Lipinski definition) is 0. The van der Waals surface area contributed by atoms with Crippen LogP contribution in [0.4, 0.5) is 13.2 Å². The highest BCUT2D eigenvalue weighted by Crippen LogP contribution is 2.54. The molecule has 4 heterocycles. The molecule has 0 aliphatic carbocycles. The van der Waals surface area contributed by atoms with Gasteiger partial charge in [-0.25, -0.2) is 0 Å². The van der Waals surface area contributed by atoms with Gasteiger partial charge in [-0.2, -0.15) is 18.4 Å². The van der Waals surface area contributed by atoms with Crippen LogP contribution in [0.3, 0.4) is 0 Å². The second-order valence-electron chi connectivity index (χ2n) is 23.0. The Labute approximate surface area is 495 Å². The quantitative estimate of drug-likeness (QED) is 0.169. The SMILES string of the molecule is Cc1cc(-c2c(-n3c4ccccc4c4c5ccccc5ccc43)c(-n3c4ccccc4c4c5ccccc5ccc43)c(C#N)c(-n3c4ccccc4c4c5ccccc5ccc43)c2-n2c3ccccc3c3c4ccccc4ccc32)cc(C(F)(F)F)c1. The smallest absolute Gasteiger partial charge is 0.306 e. The van der Waals surface area contributed by atoms with E-state index in [1.807, 2.05) is 66.7 Å². The summed E-state index contributed by atoms with van der Waals surface area (Å²) in [7, 11) is 0. The Hall–Kier alpha value is -11.4. The molecule has 0 bridgehead atoms. The van der Waals surface area contributed by atoms with Crippen molar-refractivity contribution >= 4 is 130 Å². The summed E-state index contributed by atoms with van der Waals surface area (Å²) < 4.78 is 57.5. The average Bonchev–Trinajstić information content (AvgIpc) is 1.62. The fraction of sp³-hybridized carbons (Fsp3) is 0.0253. The summed E-state index contributed by atoms with van der Waals surface area (Å²) in [5.41, 5.74) is 9.51. The van der Waals surface area contributed by atoms with Gasteiger partial charge in [0.05, 0.1) is 72.4 Å². The van der Waals surface area contributed by atoms with Crippen molar-refractivity contribution in [2.75, 3.05) is 0 Å². The van der Waals surface area contributed by atoms with E-state index in [-0.39, 0.29) is 0 Å². The minimum Gasteiger partial charge on any atom is -0.306 e. The average molecular weight is 1120 g/mol. The molecular weight excluding hydrogens is 1080 g/mol. The van der Waals surface area contributed by atoms with Crippen molar-refractivity contribution in [3.05, 3.63) is 278 Å². The monoisotopic (exact) mass is 1120 g/mol. The highest BCUT2D eigenvalue weighted by atomic mass is 19.4. The molecule has 87 heavy (non-hydrogen) atoms. The Kier molecular flexibility index (Phi) is 10.2. The van der Waals surface area contributed by atoms with Crippen LogP contribution in [-0.4, -0.2) is 18.3 Å². The van der Waals surface area contributed by atoms with Gasteiger partial charge in [0.25, 0.3) is 0 Å². The number of nitriles is 1. The summed E-state index contributed by atoms with van der Waals surface area (Å²) in [4.78, 5) is 0. The van der Waals surface area contributed by atoms with E-state index in [0.717, 1.165) is 130 Å². The summed E-state index contributed by atoms with van der Waals surface area (Å²) in [6.07, 6.45) is -4.74. The topological polar surface area (TPSA) is 43.5 Å². The molecule has 0 saturated heterocycles. The van der Waals surface area contributed by atoms with Crippen LogP contribution in [0.5, 0.6) is 0 Å². The van der Waals surface area contributed by atoms with Gasteiger partial charge in [0.15, 0.2) is 0 Å². The van der Waals surface area contributed by atoms with Gasteiger partial charge in [-0.05, 0) is 122 Å². The van der Waals surface area contributed by atoms with Gasteiger partial charge in [-0.3, -0.25) is 0 Å². The Balaban J connectivity index is 1.21. The van der Waals surface area contributed by atoms with Gasteiger partial charge in [-0.1, -0.05) is 200 Å². The van der Waals surface area contributed by atoms with Crippen molar-refractivity contribution in [1.29, 1.82) is 5.26 Å². The lowest BCUT2D eigenvalue weighted by atomic mass is 9.91. The number of rotatable bonds is 5. The maximum atomic E-state index is 16.2. The molecule has 0 amide bonds. The van der Waals surface area contributed by atoms with Gasteiger partial charge in [0, 0.05) is 48.7 Å². The fourth-order valence-electron chi connectivity index (χ4n) is 15.0. The van der Waals surface area contributed by atoms with E-state index in [4.69, 9.17) is 0 Å². The molecule has 4 aromatic heterocycles. The number of benzene rings is 14. The molecule has 0 aliphatic rings.